The maximum atomic E-state index is 12.6. The van der Waals surface area contributed by atoms with E-state index in [1.807, 2.05) is 0 Å². The van der Waals surface area contributed by atoms with Crippen molar-refractivity contribution in [2.24, 2.45) is 11.8 Å². The van der Waals surface area contributed by atoms with E-state index in [4.69, 9.17) is 0 Å². The van der Waals surface area contributed by atoms with Gasteiger partial charge < -0.3 is 5.11 Å². The molecule has 0 spiro atoms. The molecule has 0 aliphatic heterocycles. The molecule has 0 aromatic carbocycles. The first kappa shape index (κ1) is 15.8. The second-order valence-corrected chi connectivity index (χ2v) is 5.58. The molecule has 18 heavy (non-hydrogen) atoms. The summed E-state index contributed by atoms with van der Waals surface area (Å²) in [6.07, 6.45) is 2.04. The van der Waals surface area contributed by atoms with Crippen LogP contribution in [0, 0.1) is 11.8 Å². The molecule has 0 aromatic rings. The molecule has 1 N–H and O–H groups in total. The van der Waals surface area contributed by atoms with E-state index in [1.165, 1.54) is 0 Å². The summed E-state index contributed by atoms with van der Waals surface area (Å²) < 4.78 is 37.9. The molecule has 1 saturated carbocycles. The van der Waals surface area contributed by atoms with Crippen LogP contribution in [0.5, 0.6) is 0 Å². The van der Waals surface area contributed by atoms with Crippen molar-refractivity contribution in [3.63, 3.8) is 0 Å². The smallest absolute Gasteiger partial charge is 0.391 e. The van der Waals surface area contributed by atoms with Crippen molar-refractivity contribution in [2.45, 2.75) is 77.0 Å². The molecule has 0 saturated heterocycles. The summed E-state index contributed by atoms with van der Waals surface area (Å²) in [5, 5.41) is 9.99. The zero-order valence-electron chi connectivity index (χ0n) is 11.2. The van der Waals surface area contributed by atoms with E-state index in [9.17, 15) is 18.3 Å². The van der Waals surface area contributed by atoms with Gasteiger partial charge in [-0.15, -0.1) is 0 Å². The highest BCUT2D eigenvalue weighted by molar-refractivity contribution is 4.81. The molecular formula is C14H25F3O. The Kier molecular flexibility index (Phi) is 6.47. The van der Waals surface area contributed by atoms with Gasteiger partial charge in [-0.3, -0.25) is 0 Å². The van der Waals surface area contributed by atoms with E-state index in [0.29, 0.717) is 12.8 Å². The van der Waals surface area contributed by atoms with Crippen LogP contribution in [-0.4, -0.2) is 17.4 Å². The molecule has 1 aliphatic rings. The molecule has 3 atom stereocenters. The maximum absolute atomic E-state index is 12.6. The zero-order chi connectivity index (χ0) is 13.6. The van der Waals surface area contributed by atoms with Gasteiger partial charge in [-0.2, -0.15) is 13.2 Å². The van der Waals surface area contributed by atoms with Gasteiger partial charge in [0.25, 0.3) is 0 Å². The van der Waals surface area contributed by atoms with Crippen molar-refractivity contribution >= 4 is 0 Å². The number of hydrogen-bond donors (Lipinski definition) is 1. The van der Waals surface area contributed by atoms with Crippen LogP contribution in [0.15, 0.2) is 0 Å². The first-order valence-electron chi connectivity index (χ1n) is 7.20. The highest BCUT2D eigenvalue weighted by Gasteiger charge is 2.43. The maximum Gasteiger partial charge on any atom is 0.391 e. The standard InChI is InChI=1S/C14H25F3O/c1-2-3-4-5-9-13(18)11-7-6-8-12(10-11)14(15,16)17/h11-13,18H,2-10H2,1H3. The molecular weight excluding hydrogens is 241 g/mol. The predicted molar refractivity (Wildman–Crippen MR) is 66.3 cm³/mol. The van der Waals surface area contributed by atoms with Crippen molar-refractivity contribution in [3.8, 4) is 0 Å². The lowest BCUT2D eigenvalue weighted by Crippen LogP contribution is -2.33. The molecule has 1 aliphatic carbocycles. The molecule has 0 radical (unpaired) electrons. The molecule has 4 heteroatoms. The third-order valence-electron chi connectivity index (χ3n) is 4.08. The number of halogens is 3. The third-order valence-corrected chi connectivity index (χ3v) is 4.08. The van der Waals surface area contributed by atoms with Gasteiger partial charge in [0.2, 0.25) is 0 Å². The second-order valence-electron chi connectivity index (χ2n) is 5.58. The van der Waals surface area contributed by atoms with Crippen LogP contribution in [0.4, 0.5) is 13.2 Å². The van der Waals surface area contributed by atoms with Gasteiger partial charge in [0.15, 0.2) is 0 Å². The van der Waals surface area contributed by atoms with E-state index in [2.05, 4.69) is 6.92 Å². The molecule has 108 valence electrons. The minimum Gasteiger partial charge on any atom is -0.393 e. The largest absolute Gasteiger partial charge is 0.393 e. The Morgan fingerprint density at radius 1 is 1.17 bits per heavy atom. The molecule has 0 bridgehead atoms. The Balaban J connectivity index is 2.32. The van der Waals surface area contributed by atoms with E-state index in [-0.39, 0.29) is 18.8 Å². The molecule has 0 aromatic heterocycles. The first-order valence-corrected chi connectivity index (χ1v) is 7.20. The predicted octanol–water partition coefficient (Wildman–Crippen LogP) is 4.69. The van der Waals surface area contributed by atoms with Gasteiger partial charge >= 0.3 is 6.18 Å². The Morgan fingerprint density at radius 3 is 2.50 bits per heavy atom. The molecule has 1 fully saturated rings. The van der Waals surface area contributed by atoms with E-state index in [0.717, 1.165) is 32.1 Å². The lowest BCUT2D eigenvalue weighted by Gasteiger charge is -2.33. The quantitative estimate of drug-likeness (QED) is 0.692. The third kappa shape index (κ3) is 5.17. The van der Waals surface area contributed by atoms with E-state index >= 15 is 0 Å². The van der Waals surface area contributed by atoms with Gasteiger partial charge in [0.1, 0.15) is 0 Å². The number of alkyl halides is 3. The summed E-state index contributed by atoms with van der Waals surface area (Å²) in [5.41, 5.74) is 0. The van der Waals surface area contributed by atoms with E-state index < -0.39 is 18.2 Å². The number of rotatable bonds is 6. The van der Waals surface area contributed by atoms with Crippen LogP contribution in [-0.2, 0) is 0 Å². The second kappa shape index (κ2) is 7.37. The summed E-state index contributed by atoms with van der Waals surface area (Å²) in [6, 6.07) is 0. The lowest BCUT2D eigenvalue weighted by atomic mass is 9.77. The van der Waals surface area contributed by atoms with Crippen LogP contribution in [0.25, 0.3) is 0 Å². The summed E-state index contributed by atoms with van der Waals surface area (Å²) in [5.74, 6) is -1.34. The number of aliphatic hydroxyl groups excluding tert-OH is 1. The van der Waals surface area contributed by atoms with Crippen molar-refractivity contribution in [1.82, 2.24) is 0 Å². The number of aliphatic hydroxyl groups is 1. The Bertz CT molecular complexity index is 228. The normalized spacial score (nSPS) is 27.2. The van der Waals surface area contributed by atoms with Crippen molar-refractivity contribution < 1.29 is 18.3 Å². The first-order chi connectivity index (χ1) is 8.45. The van der Waals surface area contributed by atoms with Crippen LogP contribution >= 0.6 is 0 Å². The molecule has 3 unspecified atom stereocenters. The Morgan fingerprint density at radius 2 is 1.89 bits per heavy atom. The minimum absolute atomic E-state index is 0.123. The minimum atomic E-state index is -4.08. The fourth-order valence-electron chi connectivity index (χ4n) is 2.89. The number of unbranched alkanes of at least 4 members (excludes halogenated alkanes) is 3. The van der Waals surface area contributed by atoms with Gasteiger partial charge in [-0.1, -0.05) is 39.0 Å². The van der Waals surface area contributed by atoms with Crippen molar-refractivity contribution in [3.05, 3.63) is 0 Å². The zero-order valence-corrected chi connectivity index (χ0v) is 11.2. The van der Waals surface area contributed by atoms with Crippen LogP contribution in [0.1, 0.15) is 64.7 Å². The summed E-state index contributed by atoms with van der Waals surface area (Å²) >= 11 is 0. The van der Waals surface area contributed by atoms with Crippen LogP contribution < -0.4 is 0 Å². The average Bonchev–Trinajstić information content (AvgIpc) is 2.33. The lowest BCUT2D eigenvalue weighted by molar-refractivity contribution is -0.188. The number of hydrogen-bond acceptors (Lipinski definition) is 1. The molecule has 0 heterocycles. The average molecular weight is 266 g/mol. The summed E-state index contributed by atoms with van der Waals surface area (Å²) in [4.78, 5) is 0. The highest BCUT2D eigenvalue weighted by Crippen LogP contribution is 2.41. The summed E-state index contributed by atoms with van der Waals surface area (Å²) in [7, 11) is 0. The highest BCUT2D eigenvalue weighted by atomic mass is 19.4. The Hall–Kier alpha value is -0.250. The van der Waals surface area contributed by atoms with Gasteiger partial charge in [-0.05, 0) is 31.6 Å². The van der Waals surface area contributed by atoms with Crippen molar-refractivity contribution in [1.29, 1.82) is 0 Å². The topological polar surface area (TPSA) is 20.2 Å². The SMILES string of the molecule is CCCCCCC(O)C1CCCC(C(F)(F)F)C1. The fraction of sp³-hybridized carbons (Fsp3) is 1.00. The van der Waals surface area contributed by atoms with Crippen molar-refractivity contribution in [2.75, 3.05) is 0 Å². The van der Waals surface area contributed by atoms with Gasteiger partial charge in [-0.25, -0.2) is 0 Å². The van der Waals surface area contributed by atoms with Crippen LogP contribution in [0.3, 0.4) is 0 Å². The van der Waals surface area contributed by atoms with E-state index in [1.54, 1.807) is 0 Å². The monoisotopic (exact) mass is 266 g/mol. The molecule has 1 rings (SSSR count). The Labute approximate surface area is 108 Å². The van der Waals surface area contributed by atoms with Gasteiger partial charge in [0.05, 0.1) is 12.0 Å². The summed E-state index contributed by atoms with van der Waals surface area (Å²) in [6.45, 7) is 2.12. The van der Waals surface area contributed by atoms with Crippen LogP contribution in [0.2, 0.25) is 0 Å². The fourth-order valence-corrected chi connectivity index (χ4v) is 2.89. The molecule has 0 amide bonds. The molecule has 1 nitrogen and oxygen atoms in total. The van der Waals surface area contributed by atoms with Gasteiger partial charge in [0, 0.05) is 0 Å².